The number of anilines is 3. The highest BCUT2D eigenvalue weighted by Gasteiger charge is 2.40. The van der Waals surface area contributed by atoms with Crippen molar-refractivity contribution in [3.05, 3.63) is 142 Å². The summed E-state index contributed by atoms with van der Waals surface area (Å²) in [5.74, 6) is -2.21. The molecule has 1 aliphatic heterocycles. The predicted octanol–water partition coefficient (Wildman–Crippen LogP) is 7.75. The van der Waals surface area contributed by atoms with Gasteiger partial charge in [-0.3, -0.25) is 24.0 Å². The maximum Gasteiger partial charge on any atom is 0.339 e. The van der Waals surface area contributed by atoms with Gasteiger partial charge in [0.1, 0.15) is 29.4 Å². The number of ketones is 2. The van der Waals surface area contributed by atoms with Gasteiger partial charge in [0.2, 0.25) is 5.91 Å². The van der Waals surface area contributed by atoms with Crippen LogP contribution in [0.1, 0.15) is 88.2 Å². The average molecular weight is 836 g/mol. The fourth-order valence-electron chi connectivity index (χ4n) is 6.55. The SMILES string of the molecule is C#CCOc1ccc(C(=O)Cc2ccc(C(=O)CC(CC3(C)N=N3)C(=O)Nc3ccc(C(=O)Nc4ccc(C(=O)Nc5ccc(C(=O)O)c(O)c5C)c(O)c4C)cc3)cc2)cc1. The van der Waals surface area contributed by atoms with Crippen LogP contribution >= 0.6 is 0 Å². The lowest BCUT2D eigenvalue weighted by molar-refractivity contribution is -0.120. The third-order valence-electron chi connectivity index (χ3n) is 10.3. The highest BCUT2D eigenvalue weighted by molar-refractivity contribution is 6.09. The molecular formula is C47H41N5O10. The number of nitrogens with one attached hydrogen (secondary N) is 3. The number of amides is 3. The zero-order valence-electron chi connectivity index (χ0n) is 33.8. The van der Waals surface area contributed by atoms with Gasteiger partial charge < -0.3 is 36.0 Å². The van der Waals surface area contributed by atoms with Crippen LogP contribution in [0.2, 0.25) is 0 Å². The highest BCUT2D eigenvalue weighted by Crippen LogP contribution is 2.36. The van der Waals surface area contributed by atoms with E-state index in [2.05, 4.69) is 32.1 Å². The van der Waals surface area contributed by atoms with Crippen molar-refractivity contribution in [2.45, 2.75) is 45.7 Å². The summed E-state index contributed by atoms with van der Waals surface area (Å²) in [7, 11) is 0. The van der Waals surface area contributed by atoms with E-state index in [0.29, 0.717) is 28.1 Å². The van der Waals surface area contributed by atoms with Crippen LogP contribution in [0.5, 0.6) is 17.2 Å². The van der Waals surface area contributed by atoms with Crippen molar-refractivity contribution in [1.29, 1.82) is 0 Å². The molecule has 62 heavy (non-hydrogen) atoms. The standard InChI is InChI=1S/C47H41N5O10/c1-5-22-62-34-16-12-30(13-17-34)39(53)23-28-6-8-29(9-7-28)40(54)24-32(25-47(4)51-52-47)44(58)48-33-14-10-31(11-15-33)43(57)49-37-20-18-35(41(55)26(37)2)45(59)50-38-21-19-36(46(60)61)42(56)27(38)3/h1,6-21,32,55-56H,22-25H2,2-4H3,(H,48,58)(H,49,57)(H,50,59)(H,60,61). The topological polar surface area (TPSA) is 233 Å². The van der Waals surface area contributed by atoms with Gasteiger partial charge in [0.25, 0.3) is 11.8 Å². The summed E-state index contributed by atoms with van der Waals surface area (Å²) in [6, 6.07) is 24.6. The first kappa shape index (κ1) is 43.5. The molecule has 15 nitrogen and oxygen atoms in total. The third-order valence-corrected chi connectivity index (χ3v) is 10.3. The molecule has 5 aromatic carbocycles. The van der Waals surface area contributed by atoms with Crippen molar-refractivity contribution in [2.75, 3.05) is 22.6 Å². The number of nitrogens with zero attached hydrogens (tertiary/aromatic N) is 2. The predicted molar refractivity (Wildman–Crippen MR) is 229 cm³/mol. The first-order chi connectivity index (χ1) is 29.5. The Labute approximate surface area is 355 Å². The number of carbonyl (C=O) groups is 6. The molecule has 0 fully saturated rings. The zero-order valence-corrected chi connectivity index (χ0v) is 33.8. The number of Topliss-reactive ketones (excluding diaryl/α,β-unsaturated/α-hetero) is 2. The normalized spacial score (nSPS) is 12.6. The number of carboxylic acids is 1. The first-order valence-electron chi connectivity index (χ1n) is 19.2. The Morgan fingerprint density at radius 2 is 1.23 bits per heavy atom. The smallest absolute Gasteiger partial charge is 0.339 e. The minimum atomic E-state index is -1.33. The van der Waals surface area contributed by atoms with Crippen LogP contribution in [0.3, 0.4) is 0 Å². The molecule has 3 amide bonds. The number of terminal acetylenes is 1. The Kier molecular flexibility index (Phi) is 12.9. The molecule has 0 aliphatic carbocycles. The summed E-state index contributed by atoms with van der Waals surface area (Å²) in [6.07, 6.45) is 5.40. The fourth-order valence-corrected chi connectivity index (χ4v) is 6.55. The van der Waals surface area contributed by atoms with Gasteiger partial charge in [0.05, 0.1) is 5.56 Å². The largest absolute Gasteiger partial charge is 0.507 e. The Hall–Kier alpha value is -8.12. The quantitative estimate of drug-likeness (QED) is 0.0394. The lowest BCUT2D eigenvalue weighted by Crippen LogP contribution is -2.29. The molecule has 314 valence electrons. The third kappa shape index (κ3) is 10.4. The molecule has 5 aromatic rings. The molecule has 0 spiro atoms. The number of phenolic OH excluding ortho intramolecular Hbond substituents is 1. The maximum atomic E-state index is 13.6. The Bertz CT molecular complexity index is 2660. The number of carbonyl (C=O) groups excluding carboxylic acids is 5. The molecule has 6 rings (SSSR count). The molecule has 0 radical (unpaired) electrons. The number of hydrogen-bond donors (Lipinski definition) is 6. The van der Waals surface area contributed by atoms with Crippen molar-refractivity contribution in [3.8, 4) is 29.6 Å². The molecule has 0 bridgehead atoms. The van der Waals surface area contributed by atoms with Crippen LogP contribution in [0.15, 0.2) is 107 Å². The minimum absolute atomic E-state index is 0.113. The number of carboxylic acid groups (broad SMARTS) is 1. The lowest BCUT2D eigenvalue weighted by Gasteiger charge is -2.18. The molecule has 6 N–H and O–H groups in total. The molecular weight excluding hydrogens is 795 g/mol. The molecule has 15 heteroatoms. The number of ether oxygens (including phenoxy) is 1. The number of aromatic carboxylic acids is 1. The molecule has 0 saturated heterocycles. The summed E-state index contributed by atoms with van der Waals surface area (Å²) >= 11 is 0. The molecule has 0 saturated carbocycles. The van der Waals surface area contributed by atoms with Gasteiger partial charge in [-0.05, 0) is 99.1 Å². The van der Waals surface area contributed by atoms with Crippen LogP contribution in [-0.2, 0) is 11.2 Å². The highest BCUT2D eigenvalue weighted by atomic mass is 16.5. The summed E-state index contributed by atoms with van der Waals surface area (Å²) in [4.78, 5) is 77.4. The van der Waals surface area contributed by atoms with Crippen LogP contribution < -0.4 is 20.7 Å². The van der Waals surface area contributed by atoms with E-state index in [4.69, 9.17) is 11.2 Å². The van der Waals surface area contributed by atoms with E-state index in [1.54, 1.807) is 55.5 Å². The van der Waals surface area contributed by atoms with E-state index in [-0.39, 0.29) is 76.6 Å². The van der Waals surface area contributed by atoms with Crippen LogP contribution in [-0.4, -0.2) is 62.8 Å². The molecule has 0 aromatic heterocycles. The number of rotatable bonds is 17. The Morgan fingerprint density at radius 1 is 0.694 bits per heavy atom. The zero-order chi connectivity index (χ0) is 44.7. The van der Waals surface area contributed by atoms with Gasteiger partial charge in [-0.15, -0.1) is 6.42 Å². The van der Waals surface area contributed by atoms with Crippen molar-refractivity contribution in [3.63, 3.8) is 0 Å². The number of hydrogen-bond acceptors (Lipinski definition) is 11. The van der Waals surface area contributed by atoms with E-state index in [1.165, 1.54) is 56.3 Å². The first-order valence-corrected chi connectivity index (χ1v) is 19.2. The van der Waals surface area contributed by atoms with Crippen LogP contribution in [0.25, 0.3) is 0 Å². The van der Waals surface area contributed by atoms with Crippen molar-refractivity contribution >= 4 is 52.3 Å². The molecule has 1 heterocycles. The van der Waals surface area contributed by atoms with E-state index < -0.39 is 46.8 Å². The van der Waals surface area contributed by atoms with Gasteiger partial charge in [0, 0.05) is 70.1 Å². The van der Waals surface area contributed by atoms with E-state index in [9.17, 15) is 44.1 Å². The van der Waals surface area contributed by atoms with Gasteiger partial charge in [-0.1, -0.05) is 30.2 Å². The second kappa shape index (κ2) is 18.4. The van der Waals surface area contributed by atoms with Gasteiger partial charge in [-0.2, -0.15) is 10.2 Å². The summed E-state index contributed by atoms with van der Waals surface area (Å²) in [6.45, 7) is 4.82. The maximum absolute atomic E-state index is 13.6. The average Bonchev–Trinajstić information content (AvgIpc) is 3.99. The number of benzene rings is 5. The monoisotopic (exact) mass is 835 g/mol. The Morgan fingerprint density at radius 3 is 1.81 bits per heavy atom. The van der Waals surface area contributed by atoms with E-state index >= 15 is 0 Å². The number of aromatic hydroxyl groups is 2. The van der Waals surface area contributed by atoms with Gasteiger partial charge in [-0.25, -0.2) is 4.79 Å². The van der Waals surface area contributed by atoms with Crippen LogP contribution in [0, 0.1) is 32.1 Å². The minimum Gasteiger partial charge on any atom is -0.507 e. The van der Waals surface area contributed by atoms with E-state index in [0.717, 1.165) is 6.07 Å². The Balaban J connectivity index is 1.05. The molecule has 1 aliphatic rings. The molecule has 1 atom stereocenters. The summed E-state index contributed by atoms with van der Waals surface area (Å²) in [5.41, 5.74) is 1.60. The van der Waals surface area contributed by atoms with Gasteiger partial charge >= 0.3 is 5.97 Å². The molecule has 1 unspecified atom stereocenters. The van der Waals surface area contributed by atoms with Crippen LogP contribution in [0.4, 0.5) is 17.1 Å². The lowest BCUT2D eigenvalue weighted by atomic mass is 9.90. The van der Waals surface area contributed by atoms with Gasteiger partial charge in [0.15, 0.2) is 17.2 Å². The van der Waals surface area contributed by atoms with Crippen molar-refractivity contribution in [2.24, 2.45) is 16.1 Å². The fraction of sp³-hybridized carbons (Fsp3) is 0.191. The summed E-state index contributed by atoms with van der Waals surface area (Å²) < 4.78 is 5.35. The number of phenols is 2. The van der Waals surface area contributed by atoms with Crippen molar-refractivity contribution in [1.82, 2.24) is 0 Å². The second-order valence-electron chi connectivity index (χ2n) is 14.8. The van der Waals surface area contributed by atoms with E-state index in [1.807, 2.05) is 0 Å². The summed E-state index contributed by atoms with van der Waals surface area (Å²) in [5, 5.41) is 46.4. The van der Waals surface area contributed by atoms with Crippen molar-refractivity contribution < 1.29 is 48.8 Å². The second-order valence-corrected chi connectivity index (χ2v) is 14.8.